The molecule has 1 atom stereocenters. The molecule has 114 valence electrons. The van der Waals surface area contributed by atoms with Crippen LogP contribution in [-0.4, -0.2) is 34.1 Å². The van der Waals surface area contributed by atoms with Gasteiger partial charge in [-0.05, 0) is 68.7 Å². The Morgan fingerprint density at radius 3 is 2.71 bits per heavy atom. The normalized spacial score (nSPS) is 17.7. The Hall–Kier alpha value is -1.20. The van der Waals surface area contributed by atoms with Gasteiger partial charge >= 0.3 is 0 Å². The van der Waals surface area contributed by atoms with E-state index in [9.17, 15) is 4.39 Å². The third-order valence-electron chi connectivity index (χ3n) is 4.32. The number of rotatable bonds is 4. The standard InChI is InChI=1S/C16H22FN3S/c1-11(9-19-5-3-4-6-19)10-20-15-7-12(2)13(17)8-14(15)18-16(20)21/h7-8,11H,3-6,9-10H2,1-2H3,(H,18,21). The van der Waals surface area contributed by atoms with Crippen molar-refractivity contribution in [1.29, 1.82) is 0 Å². The number of hydrogen-bond acceptors (Lipinski definition) is 2. The van der Waals surface area contributed by atoms with Crippen LogP contribution in [0.5, 0.6) is 0 Å². The summed E-state index contributed by atoms with van der Waals surface area (Å²) in [4.78, 5) is 5.64. The van der Waals surface area contributed by atoms with Crippen molar-refractivity contribution < 1.29 is 4.39 Å². The SMILES string of the molecule is Cc1cc2c(cc1F)[nH]c(=S)n2CC(C)CN1CCCC1. The monoisotopic (exact) mass is 307 g/mol. The van der Waals surface area contributed by atoms with Crippen molar-refractivity contribution in [2.45, 2.75) is 33.2 Å². The van der Waals surface area contributed by atoms with Crippen LogP contribution in [0.3, 0.4) is 0 Å². The molecule has 1 N–H and O–H groups in total. The molecule has 1 fully saturated rings. The Kier molecular flexibility index (Phi) is 4.13. The van der Waals surface area contributed by atoms with Gasteiger partial charge < -0.3 is 14.5 Å². The highest BCUT2D eigenvalue weighted by Gasteiger charge is 2.16. The molecule has 1 unspecified atom stereocenters. The fraction of sp³-hybridized carbons (Fsp3) is 0.562. The van der Waals surface area contributed by atoms with Gasteiger partial charge in [0.2, 0.25) is 0 Å². The van der Waals surface area contributed by atoms with Crippen LogP contribution >= 0.6 is 12.2 Å². The largest absolute Gasteiger partial charge is 0.330 e. The van der Waals surface area contributed by atoms with Crippen molar-refractivity contribution >= 4 is 23.3 Å². The molecule has 1 aromatic carbocycles. The van der Waals surface area contributed by atoms with Crippen LogP contribution in [0.15, 0.2) is 12.1 Å². The summed E-state index contributed by atoms with van der Waals surface area (Å²) in [6.45, 7) is 8.47. The molecule has 2 aromatic rings. The second kappa shape index (κ2) is 5.89. The Morgan fingerprint density at radius 2 is 2.00 bits per heavy atom. The molecule has 0 aliphatic carbocycles. The van der Waals surface area contributed by atoms with Gasteiger partial charge in [0.15, 0.2) is 4.77 Å². The number of H-pyrrole nitrogens is 1. The first-order valence-electron chi connectivity index (χ1n) is 7.65. The second-order valence-corrected chi connectivity index (χ2v) is 6.66. The zero-order valence-corrected chi connectivity index (χ0v) is 13.5. The second-order valence-electron chi connectivity index (χ2n) is 6.27. The van der Waals surface area contributed by atoms with E-state index in [4.69, 9.17) is 12.2 Å². The van der Waals surface area contributed by atoms with E-state index in [0.29, 0.717) is 16.3 Å². The fourth-order valence-corrected chi connectivity index (χ4v) is 3.52. The zero-order valence-electron chi connectivity index (χ0n) is 12.7. The summed E-state index contributed by atoms with van der Waals surface area (Å²) in [5, 5.41) is 0. The molecule has 1 aliphatic heterocycles. The average molecular weight is 307 g/mol. The summed E-state index contributed by atoms with van der Waals surface area (Å²) in [5.41, 5.74) is 2.46. The van der Waals surface area contributed by atoms with Gasteiger partial charge in [-0.15, -0.1) is 0 Å². The third kappa shape index (κ3) is 3.04. The number of aromatic amines is 1. The molecule has 3 rings (SSSR count). The minimum absolute atomic E-state index is 0.184. The molecule has 3 nitrogen and oxygen atoms in total. The molecule has 0 radical (unpaired) electrons. The van der Waals surface area contributed by atoms with Crippen LogP contribution in [0.1, 0.15) is 25.3 Å². The van der Waals surface area contributed by atoms with E-state index < -0.39 is 0 Å². The van der Waals surface area contributed by atoms with E-state index in [-0.39, 0.29) is 5.82 Å². The minimum atomic E-state index is -0.184. The number of likely N-dealkylation sites (tertiary alicyclic amines) is 1. The molecule has 2 heterocycles. The first kappa shape index (κ1) is 14.7. The molecule has 0 bridgehead atoms. The third-order valence-corrected chi connectivity index (χ3v) is 4.64. The van der Waals surface area contributed by atoms with Crippen molar-refractivity contribution in [1.82, 2.24) is 14.5 Å². The van der Waals surface area contributed by atoms with Crippen LogP contribution in [-0.2, 0) is 6.54 Å². The van der Waals surface area contributed by atoms with E-state index in [0.717, 1.165) is 24.1 Å². The van der Waals surface area contributed by atoms with Crippen LogP contribution in [0, 0.1) is 23.4 Å². The summed E-state index contributed by atoms with van der Waals surface area (Å²) in [6.07, 6.45) is 2.63. The van der Waals surface area contributed by atoms with Gasteiger partial charge in [-0.3, -0.25) is 0 Å². The summed E-state index contributed by atoms with van der Waals surface area (Å²) in [6, 6.07) is 3.43. The number of halogens is 1. The van der Waals surface area contributed by atoms with E-state index in [2.05, 4.69) is 21.4 Å². The number of imidazole rings is 1. The summed E-state index contributed by atoms with van der Waals surface area (Å²) in [5.74, 6) is 0.343. The van der Waals surface area contributed by atoms with Crippen molar-refractivity contribution in [2.75, 3.05) is 19.6 Å². The molecule has 1 aromatic heterocycles. The van der Waals surface area contributed by atoms with Crippen molar-refractivity contribution in [3.63, 3.8) is 0 Å². The molecule has 5 heteroatoms. The maximum Gasteiger partial charge on any atom is 0.178 e. The molecule has 0 spiro atoms. The first-order valence-corrected chi connectivity index (χ1v) is 8.06. The zero-order chi connectivity index (χ0) is 15.0. The van der Waals surface area contributed by atoms with Gasteiger partial charge in [-0.25, -0.2) is 4.39 Å². The van der Waals surface area contributed by atoms with Crippen molar-refractivity contribution in [3.05, 3.63) is 28.3 Å². The topological polar surface area (TPSA) is 24.0 Å². The Labute approximate surface area is 129 Å². The Bertz CT molecular complexity index is 697. The molecule has 21 heavy (non-hydrogen) atoms. The molecule has 0 amide bonds. The Morgan fingerprint density at radius 1 is 1.29 bits per heavy atom. The van der Waals surface area contributed by atoms with Gasteiger partial charge in [0.05, 0.1) is 11.0 Å². The lowest BCUT2D eigenvalue weighted by Crippen LogP contribution is -2.27. The minimum Gasteiger partial charge on any atom is -0.330 e. The van der Waals surface area contributed by atoms with Crippen molar-refractivity contribution in [3.8, 4) is 0 Å². The average Bonchev–Trinajstić information content (AvgIpc) is 3.01. The fourth-order valence-electron chi connectivity index (χ4n) is 3.24. The summed E-state index contributed by atoms with van der Waals surface area (Å²) >= 11 is 5.41. The molecular weight excluding hydrogens is 285 g/mol. The predicted molar refractivity (Wildman–Crippen MR) is 86.7 cm³/mol. The number of aromatic nitrogens is 2. The van der Waals surface area contributed by atoms with Gasteiger partial charge in [0.25, 0.3) is 0 Å². The summed E-state index contributed by atoms with van der Waals surface area (Å²) < 4.78 is 16.4. The summed E-state index contributed by atoms with van der Waals surface area (Å²) in [7, 11) is 0. The smallest absolute Gasteiger partial charge is 0.178 e. The lowest BCUT2D eigenvalue weighted by molar-refractivity contribution is 0.272. The molecule has 1 saturated heterocycles. The quantitative estimate of drug-likeness (QED) is 0.867. The maximum atomic E-state index is 13.7. The molecular formula is C16H22FN3S. The number of aryl methyl sites for hydroxylation is 1. The number of benzene rings is 1. The maximum absolute atomic E-state index is 13.7. The van der Waals surface area contributed by atoms with Crippen LogP contribution < -0.4 is 0 Å². The number of fused-ring (bicyclic) bond motifs is 1. The van der Waals surface area contributed by atoms with E-state index in [1.54, 1.807) is 13.0 Å². The van der Waals surface area contributed by atoms with Gasteiger partial charge in [-0.2, -0.15) is 0 Å². The number of nitrogens with zero attached hydrogens (tertiary/aromatic N) is 2. The predicted octanol–water partition coefficient (Wildman–Crippen LogP) is 3.88. The lowest BCUT2D eigenvalue weighted by Gasteiger charge is -2.20. The molecule has 1 aliphatic rings. The van der Waals surface area contributed by atoms with Crippen LogP contribution in [0.4, 0.5) is 4.39 Å². The van der Waals surface area contributed by atoms with E-state index in [1.807, 2.05) is 6.07 Å². The number of hydrogen-bond donors (Lipinski definition) is 1. The van der Waals surface area contributed by atoms with Crippen molar-refractivity contribution in [2.24, 2.45) is 5.92 Å². The van der Waals surface area contributed by atoms with Gasteiger partial charge in [0, 0.05) is 13.1 Å². The molecule has 0 saturated carbocycles. The highest BCUT2D eigenvalue weighted by Crippen LogP contribution is 2.20. The first-order chi connectivity index (χ1) is 10.0. The van der Waals surface area contributed by atoms with Crippen LogP contribution in [0.2, 0.25) is 0 Å². The highest BCUT2D eigenvalue weighted by molar-refractivity contribution is 7.71. The lowest BCUT2D eigenvalue weighted by atomic mass is 10.1. The van der Waals surface area contributed by atoms with E-state index in [1.165, 1.54) is 25.9 Å². The highest BCUT2D eigenvalue weighted by atomic mass is 32.1. The van der Waals surface area contributed by atoms with Gasteiger partial charge in [0.1, 0.15) is 5.82 Å². The van der Waals surface area contributed by atoms with Crippen LogP contribution in [0.25, 0.3) is 11.0 Å². The number of nitrogens with one attached hydrogen (secondary N) is 1. The Balaban J connectivity index is 1.84. The van der Waals surface area contributed by atoms with Gasteiger partial charge in [-0.1, -0.05) is 6.92 Å². The van der Waals surface area contributed by atoms with E-state index >= 15 is 0 Å².